The van der Waals surface area contributed by atoms with E-state index in [2.05, 4.69) is 23.2 Å². The van der Waals surface area contributed by atoms with E-state index in [1.807, 2.05) is 18.2 Å². The summed E-state index contributed by atoms with van der Waals surface area (Å²) >= 11 is 0. The Morgan fingerprint density at radius 1 is 1.39 bits per heavy atom. The van der Waals surface area contributed by atoms with Gasteiger partial charge in [-0.15, -0.1) is 0 Å². The average molecular weight is 318 g/mol. The maximum Gasteiger partial charge on any atom is 0.185 e. The van der Waals surface area contributed by atoms with Crippen LogP contribution in [0.5, 0.6) is 5.75 Å². The molecular weight excluding hydrogens is 292 g/mol. The highest BCUT2D eigenvalue weighted by Crippen LogP contribution is 2.37. The Morgan fingerprint density at radius 3 is 2.87 bits per heavy atom. The third-order valence-electron chi connectivity index (χ3n) is 4.98. The third-order valence-corrected chi connectivity index (χ3v) is 4.98. The Morgan fingerprint density at radius 2 is 2.13 bits per heavy atom. The largest absolute Gasteiger partial charge is 0.487 e. The SMILES string of the molecule is CC1Oc2ccccc2COC12CCN(CCNC(=N)N)CC2. The molecule has 1 saturated heterocycles. The van der Waals surface area contributed by atoms with Gasteiger partial charge in [-0.2, -0.15) is 0 Å². The number of likely N-dealkylation sites (tertiary alicyclic amines) is 1. The number of fused-ring (bicyclic) bond motifs is 1. The Hall–Kier alpha value is -1.79. The maximum absolute atomic E-state index is 7.19. The summed E-state index contributed by atoms with van der Waals surface area (Å²) in [7, 11) is 0. The molecule has 0 amide bonds. The van der Waals surface area contributed by atoms with Crippen molar-refractivity contribution in [2.75, 3.05) is 26.2 Å². The fraction of sp³-hybridized carbons (Fsp3) is 0.588. The predicted molar refractivity (Wildman–Crippen MR) is 89.6 cm³/mol. The van der Waals surface area contributed by atoms with E-state index in [1.165, 1.54) is 0 Å². The number of hydrogen-bond acceptors (Lipinski definition) is 4. The molecule has 0 aliphatic carbocycles. The molecule has 1 aromatic rings. The van der Waals surface area contributed by atoms with Gasteiger partial charge in [-0.3, -0.25) is 5.41 Å². The van der Waals surface area contributed by atoms with Crippen LogP contribution in [0.15, 0.2) is 24.3 Å². The molecule has 0 radical (unpaired) electrons. The zero-order chi connectivity index (χ0) is 16.3. The highest BCUT2D eigenvalue weighted by Gasteiger charge is 2.43. The van der Waals surface area contributed by atoms with Gasteiger partial charge < -0.3 is 25.4 Å². The quantitative estimate of drug-likeness (QED) is 0.578. The van der Waals surface area contributed by atoms with E-state index in [9.17, 15) is 0 Å². The lowest BCUT2D eigenvalue weighted by Gasteiger charge is -2.43. The summed E-state index contributed by atoms with van der Waals surface area (Å²) in [6.45, 7) is 6.29. The summed E-state index contributed by atoms with van der Waals surface area (Å²) in [5, 5.41) is 10.1. The van der Waals surface area contributed by atoms with Crippen LogP contribution in [0.1, 0.15) is 25.3 Å². The Bertz CT molecular complexity index is 555. The summed E-state index contributed by atoms with van der Waals surface area (Å²) in [6.07, 6.45) is 1.97. The van der Waals surface area contributed by atoms with Crippen LogP contribution in [0.3, 0.4) is 0 Å². The van der Waals surface area contributed by atoms with Crippen LogP contribution in [-0.2, 0) is 11.3 Å². The van der Waals surface area contributed by atoms with Crippen LogP contribution in [-0.4, -0.2) is 48.7 Å². The molecule has 4 N–H and O–H groups in total. The van der Waals surface area contributed by atoms with Gasteiger partial charge >= 0.3 is 0 Å². The lowest BCUT2D eigenvalue weighted by atomic mass is 9.86. The van der Waals surface area contributed by atoms with Gasteiger partial charge in [0.15, 0.2) is 5.96 Å². The molecular formula is C17H26N4O2. The highest BCUT2D eigenvalue weighted by molar-refractivity contribution is 5.74. The van der Waals surface area contributed by atoms with Crippen molar-refractivity contribution in [2.24, 2.45) is 5.73 Å². The number of rotatable bonds is 3. The van der Waals surface area contributed by atoms with Gasteiger partial charge in [-0.05, 0) is 25.8 Å². The molecule has 1 spiro atoms. The third kappa shape index (κ3) is 3.59. The number of piperidine rings is 1. The topological polar surface area (TPSA) is 83.6 Å². The number of nitrogens with zero attached hydrogens (tertiary/aromatic N) is 1. The van der Waals surface area contributed by atoms with Gasteiger partial charge in [0.1, 0.15) is 17.5 Å². The standard InChI is InChI=1S/C17H26N4O2/c1-13-17(22-12-14-4-2-3-5-15(14)23-13)6-9-21(10-7-17)11-8-20-16(18)19/h2-5,13H,6-12H2,1H3,(H4,18,19,20). The van der Waals surface area contributed by atoms with Crippen molar-refractivity contribution < 1.29 is 9.47 Å². The normalized spacial score (nSPS) is 23.6. The number of hydrogen-bond donors (Lipinski definition) is 3. The first-order valence-corrected chi connectivity index (χ1v) is 8.28. The average Bonchev–Trinajstić information content (AvgIpc) is 2.67. The zero-order valence-electron chi connectivity index (χ0n) is 13.7. The first-order valence-electron chi connectivity index (χ1n) is 8.28. The minimum atomic E-state index is -0.205. The molecule has 1 atom stereocenters. The fourth-order valence-corrected chi connectivity index (χ4v) is 3.43. The molecule has 6 heteroatoms. The van der Waals surface area contributed by atoms with Crippen LogP contribution < -0.4 is 15.8 Å². The molecule has 6 nitrogen and oxygen atoms in total. The van der Waals surface area contributed by atoms with Crippen LogP contribution in [0.4, 0.5) is 0 Å². The molecule has 2 heterocycles. The van der Waals surface area contributed by atoms with Crippen molar-refractivity contribution in [3.05, 3.63) is 29.8 Å². The Labute approximate surface area is 137 Å². The zero-order valence-corrected chi connectivity index (χ0v) is 13.7. The van der Waals surface area contributed by atoms with Gasteiger partial charge in [0.05, 0.1) is 6.61 Å². The van der Waals surface area contributed by atoms with E-state index >= 15 is 0 Å². The number of ether oxygens (including phenoxy) is 2. The van der Waals surface area contributed by atoms with Crippen LogP contribution in [0, 0.1) is 5.41 Å². The fourth-order valence-electron chi connectivity index (χ4n) is 3.43. The van der Waals surface area contributed by atoms with E-state index in [1.54, 1.807) is 0 Å². The first kappa shape index (κ1) is 16.1. The molecule has 0 bridgehead atoms. The number of nitrogens with one attached hydrogen (secondary N) is 2. The van der Waals surface area contributed by atoms with Gasteiger partial charge in [0, 0.05) is 31.7 Å². The van der Waals surface area contributed by atoms with Gasteiger partial charge in [0.25, 0.3) is 0 Å². The molecule has 3 rings (SSSR count). The van der Waals surface area contributed by atoms with Crippen LogP contribution in [0.25, 0.3) is 0 Å². The summed E-state index contributed by atoms with van der Waals surface area (Å²) in [4.78, 5) is 2.38. The molecule has 23 heavy (non-hydrogen) atoms. The molecule has 2 aliphatic rings. The van der Waals surface area contributed by atoms with Crippen molar-refractivity contribution in [3.63, 3.8) is 0 Å². The number of benzene rings is 1. The molecule has 1 aromatic carbocycles. The lowest BCUT2D eigenvalue weighted by molar-refractivity contribution is -0.135. The number of nitrogens with two attached hydrogens (primary N) is 1. The second-order valence-corrected chi connectivity index (χ2v) is 6.40. The number of guanidine groups is 1. The summed E-state index contributed by atoms with van der Waals surface area (Å²) < 4.78 is 12.5. The Kier molecular flexibility index (Phi) is 4.73. The first-order chi connectivity index (χ1) is 11.1. The number of para-hydroxylation sites is 1. The minimum Gasteiger partial charge on any atom is -0.487 e. The van der Waals surface area contributed by atoms with E-state index in [4.69, 9.17) is 20.6 Å². The van der Waals surface area contributed by atoms with E-state index in [-0.39, 0.29) is 17.7 Å². The van der Waals surface area contributed by atoms with Gasteiger partial charge in [-0.1, -0.05) is 18.2 Å². The van der Waals surface area contributed by atoms with Crippen molar-refractivity contribution in [1.29, 1.82) is 5.41 Å². The van der Waals surface area contributed by atoms with Crippen LogP contribution >= 0.6 is 0 Å². The second kappa shape index (κ2) is 6.76. The summed E-state index contributed by atoms with van der Waals surface area (Å²) in [5.41, 5.74) is 6.24. The predicted octanol–water partition coefficient (Wildman–Crippen LogP) is 1.30. The minimum absolute atomic E-state index is 0.0327. The monoisotopic (exact) mass is 318 g/mol. The van der Waals surface area contributed by atoms with Crippen molar-refractivity contribution in [2.45, 2.75) is 38.1 Å². The summed E-state index contributed by atoms with van der Waals surface area (Å²) in [6, 6.07) is 8.13. The lowest BCUT2D eigenvalue weighted by Crippen LogP contribution is -2.54. The second-order valence-electron chi connectivity index (χ2n) is 6.40. The molecule has 1 unspecified atom stereocenters. The van der Waals surface area contributed by atoms with Gasteiger partial charge in [0.2, 0.25) is 0 Å². The maximum atomic E-state index is 7.19. The van der Waals surface area contributed by atoms with Gasteiger partial charge in [-0.25, -0.2) is 0 Å². The van der Waals surface area contributed by atoms with E-state index in [0.717, 1.165) is 43.8 Å². The smallest absolute Gasteiger partial charge is 0.185 e. The molecule has 0 saturated carbocycles. The van der Waals surface area contributed by atoms with Crippen molar-refractivity contribution in [1.82, 2.24) is 10.2 Å². The molecule has 1 fully saturated rings. The van der Waals surface area contributed by atoms with Crippen molar-refractivity contribution >= 4 is 5.96 Å². The van der Waals surface area contributed by atoms with Crippen LogP contribution in [0.2, 0.25) is 0 Å². The van der Waals surface area contributed by atoms with E-state index in [0.29, 0.717) is 13.2 Å². The highest BCUT2D eigenvalue weighted by atomic mass is 16.6. The molecule has 2 aliphatic heterocycles. The van der Waals surface area contributed by atoms with E-state index < -0.39 is 0 Å². The molecule has 0 aromatic heterocycles. The molecule has 126 valence electrons. The summed E-state index contributed by atoms with van der Waals surface area (Å²) in [5.74, 6) is 0.982. The van der Waals surface area contributed by atoms with Crippen molar-refractivity contribution in [3.8, 4) is 5.75 Å². The Balaban J connectivity index is 1.58.